The van der Waals surface area contributed by atoms with Gasteiger partial charge in [0.05, 0.1) is 0 Å². The highest BCUT2D eigenvalue weighted by molar-refractivity contribution is 5.43. The van der Waals surface area contributed by atoms with Gasteiger partial charge in [-0.25, -0.2) is 0 Å². The first-order valence-corrected chi connectivity index (χ1v) is 6.88. The van der Waals surface area contributed by atoms with Crippen molar-refractivity contribution in [3.05, 3.63) is 59.2 Å². The summed E-state index contributed by atoms with van der Waals surface area (Å²) in [5.74, 6) is 1.77. The van der Waals surface area contributed by atoms with Gasteiger partial charge in [0.1, 0.15) is 11.5 Å². The third-order valence-electron chi connectivity index (χ3n) is 3.71. The van der Waals surface area contributed by atoms with Crippen LogP contribution in [0, 0.1) is 0 Å². The molecule has 0 bridgehead atoms. The van der Waals surface area contributed by atoms with Gasteiger partial charge < -0.3 is 10.5 Å². The fourth-order valence-electron chi connectivity index (χ4n) is 2.69. The van der Waals surface area contributed by atoms with E-state index in [1.54, 1.807) is 0 Å². The van der Waals surface area contributed by atoms with Crippen molar-refractivity contribution < 1.29 is 4.74 Å². The number of hydrogen-bond donors (Lipinski definition) is 1. The summed E-state index contributed by atoms with van der Waals surface area (Å²) in [7, 11) is 0. The molecule has 0 radical (unpaired) electrons. The summed E-state index contributed by atoms with van der Waals surface area (Å²) in [4.78, 5) is 0. The van der Waals surface area contributed by atoms with Crippen LogP contribution in [0.4, 0.5) is 0 Å². The predicted molar refractivity (Wildman–Crippen MR) is 77.6 cm³/mol. The molecular weight excluding hydrogens is 234 g/mol. The number of hydrogen-bond acceptors (Lipinski definition) is 2. The van der Waals surface area contributed by atoms with E-state index >= 15 is 0 Å². The van der Waals surface area contributed by atoms with Crippen molar-refractivity contribution in [2.45, 2.75) is 32.2 Å². The summed E-state index contributed by atoms with van der Waals surface area (Å²) in [6.07, 6.45) is 3.63. The number of aryl methyl sites for hydroxylation is 2. The van der Waals surface area contributed by atoms with Gasteiger partial charge in [-0.1, -0.05) is 24.3 Å². The summed E-state index contributed by atoms with van der Waals surface area (Å²) in [5.41, 5.74) is 9.92. The molecule has 0 saturated heterocycles. The summed E-state index contributed by atoms with van der Waals surface area (Å²) < 4.78 is 6.02. The van der Waals surface area contributed by atoms with Crippen LogP contribution in [0.1, 0.15) is 36.1 Å². The lowest BCUT2D eigenvalue weighted by molar-refractivity contribution is 0.471. The number of nitrogens with two attached hydrogens (primary N) is 1. The molecule has 2 aromatic carbocycles. The molecule has 1 aliphatic carbocycles. The molecule has 0 aliphatic heterocycles. The second-order valence-corrected chi connectivity index (χ2v) is 5.21. The monoisotopic (exact) mass is 253 g/mol. The second-order valence-electron chi connectivity index (χ2n) is 5.21. The summed E-state index contributed by atoms with van der Waals surface area (Å²) in [6, 6.07) is 14.4. The molecule has 19 heavy (non-hydrogen) atoms. The summed E-state index contributed by atoms with van der Waals surface area (Å²) in [5, 5.41) is 0. The zero-order valence-corrected chi connectivity index (χ0v) is 11.2. The van der Waals surface area contributed by atoms with Crippen LogP contribution in [0.5, 0.6) is 11.5 Å². The SMILES string of the molecule is CC(N)c1ccccc1Oc1ccc2c(c1)CCC2. The molecule has 1 atom stereocenters. The number of rotatable bonds is 3. The highest BCUT2D eigenvalue weighted by Crippen LogP contribution is 2.31. The fourth-order valence-corrected chi connectivity index (χ4v) is 2.69. The Kier molecular flexibility index (Phi) is 3.26. The largest absolute Gasteiger partial charge is 0.457 e. The Labute approximate surface area is 114 Å². The van der Waals surface area contributed by atoms with E-state index in [-0.39, 0.29) is 6.04 Å². The number of ether oxygens (including phenoxy) is 1. The van der Waals surface area contributed by atoms with E-state index in [4.69, 9.17) is 10.5 Å². The highest BCUT2D eigenvalue weighted by atomic mass is 16.5. The number of para-hydroxylation sites is 1. The van der Waals surface area contributed by atoms with Gasteiger partial charge in [-0.3, -0.25) is 0 Å². The van der Waals surface area contributed by atoms with Gasteiger partial charge in [0.15, 0.2) is 0 Å². The Morgan fingerprint density at radius 1 is 1.05 bits per heavy atom. The van der Waals surface area contributed by atoms with Crippen LogP contribution in [-0.2, 0) is 12.8 Å². The molecule has 0 fully saturated rings. The van der Waals surface area contributed by atoms with Crippen LogP contribution in [0.2, 0.25) is 0 Å². The van der Waals surface area contributed by atoms with Gasteiger partial charge in [0, 0.05) is 11.6 Å². The zero-order valence-electron chi connectivity index (χ0n) is 11.2. The average Bonchev–Trinajstić information content (AvgIpc) is 2.86. The van der Waals surface area contributed by atoms with E-state index in [2.05, 4.69) is 18.2 Å². The Morgan fingerprint density at radius 2 is 1.84 bits per heavy atom. The minimum absolute atomic E-state index is 0.0226. The molecule has 0 saturated carbocycles. The maximum absolute atomic E-state index is 6.02. The Hall–Kier alpha value is -1.80. The van der Waals surface area contributed by atoms with Gasteiger partial charge in [-0.15, -0.1) is 0 Å². The van der Waals surface area contributed by atoms with Crippen LogP contribution in [0.3, 0.4) is 0 Å². The fraction of sp³-hybridized carbons (Fsp3) is 0.294. The molecule has 0 amide bonds. The van der Waals surface area contributed by atoms with E-state index in [9.17, 15) is 0 Å². The Balaban J connectivity index is 1.89. The molecular formula is C17H19NO. The first-order valence-electron chi connectivity index (χ1n) is 6.88. The highest BCUT2D eigenvalue weighted by Gasteiger charge is 2.13. The average molecular weight is 253 g/mol. The van der Waals surface area contributed by atoms with E-state index < -0.39 is 0 Å². The van der Waals surface area contributed by atoms with E-state index in [0.29, 0.717) is 0 Å². The maximum Gasteiger partial charge on any atom is 0.132 e. The van der Waals surface area contributed by atoms with Crippen LogP contribution >= 0.6 is 0 Å². The lowest BCUT2D eigenvalue weighted by atomic mass is 10.1. The van der Waals surface area contributed by atoms with Crippen LogP contribution in [-0.4, -0.2) is 0 Å². The van der Waals surface area contributed by atoms with Crippen molar-refractivity contribution in [2.75, 3.05) is 0 Å². The zero-order chi connectivity index (χ0) is 13.2. The van der Waals surface area contributed by atoms with Crippen molar-refractivity contribution in [3.8, 4) is 11.5 Å². The minimum atomic E-state index is -0.0226. The molecule has 0 spiro atoms. The smallest absolute Gasteiger partial charge is 0.132 e. The van der Waals surface area contributed by atoms with E-state index in [1.807, 2.05) is 31.2 Å². The first kappa shape index (κ1) is 12.2. The van der Waals surface area contributed by atoms with Gasteiger partial charge in [0.2, 0.25) is 0 Å². The summed E-state index contributed by atoms with van der Waals surface area (Å²) in [6.45, 7) is 1.98. The minimum Gasteiger partial charge on any atom is -0.457 e. The third-order valence-corrected chi connectivity index (χ3v) is 3.71. The van der Waals surface area contributed by atoms with Gasteiger partial charge in [0.25, 0.3) is 0 Å². The van der Waals surface area contributed by atoms with Crippen molar-refractivity contribution in [1.29, 1.82) is 0 Å². The topological polar surface area (TPSA) is 35.2 Å². The molecule has 0 aromatic heterocycles. The molecule has 2 aromatic rings. The second kappa shape index (κ2) is 5.06. The van der Waals surface area contributed by atoms with Crippen molar-refractivity contribution in [2.24, 2.45) is 5.73 Å². The quantitative estimate of drug-likeness (QED) is 0.897. The Bertz CT molecular complexity index is 590. The maximum atomic E-state index is 6.02. The third kappa shape index (κ3) is 2.49. The molecule has 2 N–H and O–H groups in total. The van der Waals surface area contributed by atoms with Crippen LogP contribution < -0.4 is 10.5 Å². The van der Waals surface area contributed by atoms with Crippen molar-refractivity contribution in [1.82, 2.24) is 0 Å². The summed E-state index contributed by atoms with van der Waals surface area (Å²) >= 11 is 0. The normalized spacial score (nSPS) is 15.1. The van der Waals surface area contributed by atoms with Crippen LogP contribution in [0.25, 0.3) is 0 Å². The number of benzene rings is 2. The van der Waals surface area contributed by atoms with E-state index in [1.165, 1.54) is 30.4 Å². The first-order chi connectivity index (χ1) is 9.24. The molecule has 98 valence electrons. The molecule has 1 unspecified atom stereocenters. The lowest BCUT2D eigenvalue weighted by Gasteiger charge is -2.14. The lowest BCUT2D eigenvalue weighted by Crippen LogP contribution is -2.06. The molecule has 2 heteroatoms. The molecule has 3 rings (SSSR count). The molecule has 0 heterocycles. The number of fused-ring (bicyclic) bond motifs is 1. The van der Waals surface area contributed by atoms with Gasteiger partial charge in [-0.05, 0) is 55.5 Å². The Morgan fingerprint density at radius 3 is 2.68 bits per heavy atom. The van der Waals surface area contributed by atoms with Crippen LogP contribution in [0.15, 0.2) is 42.5 Å². The molecule has 2 nitrogen and oxygen atoms in total. The van der Waals surface area contributed by atoms with E-state index in [0.717, 1.165) is 17.1 Å². The molecule has 1 aliphatic rings. The predicted octanol–water partition coefficient (Wildman–Crippen LogP) is 3.99. The van der Waals surface area contributed by atoms with Gasteiger partial charge >= 0.3 is 0 Å². The van der Waals surface area contributed by atoms with Crippen molar-refractivity contribution in [3.63, 3.8) is 0 Å². The van der Waals surface area contributed by atoms with Gasteiger partial charge in [-0.2, -0.15) is 0 Å². The standard InChI is InChI=1S/C17H19NO/c1-12(18)16-7-2-3-8-17(16)19-15-10-9-13-5-4-6-14(13)11-15/h2-3,7-12H,4-6,18H2,1H3. The van der Waals surface area contributed by atoms with Crippen molar-refractivity contribution >= 4 is 0 Å².